The number of ether oxygens (including phenoxy) is 1. The van der Waals surface area contributed by atoms with Gasteiger partial charge in [-0.15, -0.1) is 0 Å². The van der Waals surface area contributed by atoms with Crippen molar-refractivity contribution in [2.45, 2.75) is 12.5 Å². The second-order valence-corrected chi connectivity index (χ2v) is 5.37. The Bertz CT molecular complexity index is 830. The maximum absolute atomic E-state index is 12.3. The van der Waals surface area contributed by atoms with E-state index in [0.29, 0.717) is 6.42 Å². The third-order valence-electron chi connectivity index (χ3n) is 4.22. The van der Waals surface area contributed by atoms with Gasteiger partial charge in [-0.3, -0.25) is 4.79 Å². The van der Waals surface area contributed by atoms with Gasteiger partial charge in [0.05, 0.1) is 18.8 Å². The zero-order valence-electron chi connectivity index (χ0n) is 11.7. The number of benzene rings is 2. The van der Waals surface area contributed by atoms with E-state index in [2.05, 4.69) is 16.7 Å². The third kappa shape index (κ3) is 1.77. The van der Waals surface area contributed by atoms with E-state index in [4.69, 9.17) is 4.74 Å². The van der Waals surface area contributed by atoms with Crippen molar-refractivity contribution in [2.24, 2.45) is 0 Å². The number of methoxy groups -OCH3 is 1. The quantitative estimate of drug-likeness (QED) is 0.713. The van der Waals surface area contributed by atoms with Gasteiger partial charge >= 0.3 is 0 Å². The van der Waals surface area contributed by atoms with Gasteiger partial charge in [0.15, 0.2) is 5.78 Å². The highest BCUT2D eigenvalue weighted by Crippen LogP contribution is 2.37. The summed E-state index contributed by atoms with van der Waals surface area (Å²) < 4.78 is 7.37. The number of rotatable bonds is 2. The van der Waals surface area contributed by atoms with Crippen molar-refractivity contribution in [3.63, 3.8) is 0 Å². The van der Waals surface area contributed by atoms with Crippen LogP contribution in [0.3, 0.4) is 0 Å². The summed E-state index contributed by atoms with van der Waals surface area (Å²) in [5.41, 5.74) is 3.08. The normalized spacial score (nSPS) is 17.2. The van der Waals surface area contributed by atoms with E-state index >= 15 is 0 Å². The predicted octanol–water partition coefficient (Wildman–Crippen LogP) is 3.83. The highest BCUT2D eigenvalue weighted by molar-refractivity contribution is 6.03. The molecule has 1 atom stereocenters. The first kappa shape index (κ1) is 12.2. The fraction of sp³-hybridized carbons (Fsp3) is 0.167. The SMILES string of the molecule is COc1ccc([C@@H]2CC(=O)c3cc4ccccc4n32)cc1. The van der Waals surface area contributed by atoms with E-state index in [0.717, 1.165) is 27.9 Å². The molecule has 0 fully saturated rings. The second-order valence-electron chi connectivity index (χ2n) is 5.37. The van der Waals surface area contributed by atoms with Crippen molar-refractivity contribution < 1.29 is 9.53 Å². The van der Waals surface area contributed by atoms with Crippen molar-refractivity contribution >= 4 is 16.7 Å². The fourth-order valence-electron chi connectivity index (χ4n) is 3.19. The number of aromatic nitrogens is 1. The van der Waals surface area contributed by atoms with Crippen molar-refractivity contribution in [3.05, 3.63) is 65.9 Å². The monoisotopic (exact) mass is 277 g/mol. The van der Waals surface area contributed by atoms with E-state index in [9.17, 15) is 4.79 Å². The smallest absolute Gasteiger partial charge is 0.181 e. The Balaban J connectivity index is 1.87. The molecule has 4 rings (SSSR count). The summed E-state index contributed by atoms with van der Waals surface area (Å²) in [6.07, 6.45) is 0.534. The molecule has 3 nitrogen and oxygen atoms in total. The molecule has 1 aliphatic rings. The lowest BCUT2D eigenvalue weighted by molar-refractivity contribution is 0.0991. The van der Waals surface area contributed by atoms with Crippen LogP contribution in [-0.4, -0.2) is 17.5 Å². The lowest BCUT2D eigenvalue weighted by atomic mass is 10.0. The summed E-state index contributed by atoms with van der Waals surface area (Å²) in [6, 6.07) is 18.2. The maximum atomic E-state index is 12.3. The number of Topliss-reactive ketones (excluding diaryl/α,β-unsaturated/α-hetero) is 1. The van der Waals surface area contributed by atoms with Crippen LogP contribution in [0, 0.1) is 0 Å². The molecule has 0 unspecified atom stereocenters. The van der Waals surface area contributed by atoms with Crippen molar-refractivity contribution in [1.29, 1.82) is 0 Å². The van der Waals surface area contributed by atoms with Crippen LogP contribution in [0.15, 0.2) is 54.6 Å². The summed E-state index contributed by atoms with van der Waals surface area (Å²) in [4.78, 5) is 12.3. The molecule has 0 bridgehead atoms. The molecule has 0 saturated heterocycles. The summed E-state index contributed by atoms with van der Waals surface area (Å²) >= 11 is 0. The minimum Gasteiger partial charge on any atom is -0.497 e. The van der Waals surface area contributed by atoms with Crippen LogP contribution in [0.2, 0.25) is 0 Å². The first-order chi connectivity index (χ1) is 10.3. The van der Waals surface area contributed by atoms with Crippen molar-refractivity contribution in [1.82, 2.24) is 4.57 Å². The number of fused-ring (bicyclic) bond motifs is 3. The molecule has 0 spiro atoms. The van der Waals surface area contributed by atoms with E-state index < -0.39 is 0 Å². The Labute approximate surface area is 122 Å². The van der Waals surface area contributed by atoms with Gasteiger partial charge in [0.25, 0.3) is 0 Å². The van der Waals surface area contributed by atoms with Crippen LogP contribution in [0.5, 0.6) is 5.75 Å². The van der Waals surface area contributed by atoms with E-state index in [-0.39, 0.29) is 11.8 Å². The third-order valence-corrected chi connectivity index (χ3v) is 4.22. The maximum Gasteiger partial charge on any atom is 0.181 e. The number of ketones is 1. The number of para-hydroxylation sites is 1. The molecule has 0 amide bonds. The van der Waals surface area contributed by atoms with Crippen molar-refractivity contribution in [3.8, 4) is 5.75 Å². The molecule has 1 aromatic heterocycles. The van der Waals surface area contributed by atoms with E-state index in [1.54, 1.807) is 7.11 Å². The largest absolute Gasteiger partial charge is 0.497 e. The molecular formula is C18H15NO2. The summed E-state index contributed by atoms with van der Waals surface area (Å²) in [7, 11) is 1.66. The molecule has 0 saturated carbocycles. The average molecular weight is 277 g/mol. The molecule has 3 aromatic rings. The molecule has 21 heavy (non-hydrogen) atoms. The predicted molar refractivity (Wildman–Crippen MR) is 82.0 cm³/mol. The second kappa shape index (κ2) is 4.48. The van der Waals surface area contributed by atoms with Gasteiger partial charge in [0.2, 0.25) is 0 Å². The van der Waals surface area contributed by atoms with Crippen LogP contribution in [-0.2, 0) is 0 Å². The molecule has 2 heterocycles. The topological polar surface area (TPSA) is 31.2 Å². The van der Waals surface area contributed by atoms with Gasteiger partial charge < -0.3 is 9.30 Å². The highest BCUT2D eigenvalue weighted by atomic mass is 16.5. The standard InChI is InChI=1S/C18H15NO2/c1-21-14-8-6-12(7-9-14)16-11-18(20)17-10-13-4-2-3-5-15(13)19(16)17/h2-10,16H,11H2,1H3/t16-/m0/s1. The number of hydrogen-bond donors (Lipinski definition) is 0. The first-order valence-electron chi connectivity index (χ1n) is 7.05. The minimum absolute atomic E-state index is 0.0818. The number of carbonyl (C=O) groups is 1. The molecule has 0 aliphatic carbocycles. The van der Waals surface area contributed by atoms with Crippen LogP contribution < -0.4 is 4.74 Å². The van der Waals surface area contributed by atoms with Gasteiger partial charge in [-0.05, 0) is 29.8 Å². The molecule has 0 radical (unpaired) electrons. The van der Waals surface area contributed by atoms with Crippen LogP contribution in [0.25, 0.3) is 10.9 Å². The summed E-state index contributed by atoms with van der Waals surface area (Å²) in [6.45, 7) is 0. The lowest BCUT2D eigenvalue weighted by Crippen LogP contribution is -2.05. The Hall–Kier alpha value is -2.55. The fourth-order valence-corrected chi connectivity index (χ4v) is 3.19. The Kier molecular flexibility index (Phi) is 2.61. The Morgan fingerprint density at radius 3 is 2.62 bits per heavy atom. The van der Waals surface area contributed by atoms with Crippen LogP contribution >= 0.6 is 0 Å². The van der Waals surface area contributed by atoms with E-state index in [1.807, 2.05) is 42.5 Å². The first-order valence-corrected chi connectivity index (χ1v) is 7.05. The number of carbonyl (C=O) groups excluding carboxylic acids is 1. The Morgan fingerprint density at radius 2 is 1.86 bits per heavy atom. The average Bonchev–Trinajstić information content (AvgIpc) is 3.06. The van der Waals surface area contributed by atoms with Gasteiger partial charge in [-0.1, -0.05) is 30.3 Å². The summed E-state index contributed by atoms with van der Waals surface area (Å²) in [5.74, 6) is 1.05. The van der Waals surface area contributed by atoms with E-state index in [1.165, 1.54) is 0 Å². The van der Waals surface area contributed by atoms with Gasteiger partial charge in [-0.2, -0.15) is 0 Å². The molecule has 104 valence electrons. The zero-order valence-corrected chi connectivity index (χ0v) is 11.7. The highest BCUT2D eigenvalue weighted by Gasteiger charge is 2.31. The minimum atomic E-state index is 0.0818. The van der Waals surface area contributed by atoms with Gasteiger partial charge in [0.1, 0.15) is 5.75 Å². The molecular weight excluding hydrogens is 262 g/mol. The van der Waals surface area contributed by atoms with Crippen LogP contribution in [0.1, 0.15) is 28.5 Å². The van der Waals surface area contributed by atoms with Gasteiger partial charge in [-0.25, -0.2) is 0 Å². The number of nitrogens with zero attached hydrogens (tertiary/aromatic N) is 1. The number of hydrogen-bond acceptors (Lipinski definition) is 2. The van der Waals surface area contributed by atoms with Gasteiger partial charge in [0, 0.05) is 17.3 Å². The molecule has 1 aliphatic heterocycles. The zero-order chi connectivity index (χ0) is 14.4. The van der Waals surface area contributed by atoms with Crippen molar-refractivity contribution in [2.75, 3.05) is 7.11 Å². The Morgan fingerprint density at radius 1 is 1.10 bits per heavy atom. The summed E-state index contributed by atoms with van der Waals surface area (Å²) in [5, 5.41) is 1.12. The molecule has 2 aromatic carbocycles. The van der Waals surface area contributed by atoms with Crippen LogP contribution in [0.4, 0.5) is 0 Å². The molecule has 3 heteroatoms. The lowest BCUT2D eigenvalue weighted by Gasteiger charge is -2.15. The molecule has 0 N–H and O–H groups in total.